The van der Waals surface area contributed by atoms with Crippen molar-refractivity contribution in [2.75, 3.05) is 19.8 Å². The van der Waals surface area contributed by atoms with Crippen LogP contribution in [0.25, 0.3) is 0 Å². The molecule has 0 aromatic heterocycles. The third-order valence-corrected chi connectivity index (χ3v) is 1.63. The van der Waals surface area contributed by atoms with Crippen molar-refractivity contribution < 1.29 is 9.47 Å². The predicted octanol–water partition coefficient (Wildman–Crippen LogP) is 2.43. The van der Waals surface area contributed by atoms with Crippen LogP contribution in [0.5, 0.6) is 0 Å². The highest BCUT2D eigenvalue weighted by Crippen LogP contribution is 2.08. The number of ether oxygens (including phenoxy) is 2. The molecule has 0 aliphatic heterocycles. The van der Waals surface area contributed by atoms with E-state index in [9.17, 15) is 0 Å². The van der Waals surface area contributed by atoms with Crippen molar-refractivity contribution in [3.8, 4) is 0 Å². The van der Waals surface area contributed by atoms with Crippen LogP contribution in [0.15, 0.2) is 12.2 Å². The van der Waals surface area contributed by atoms with E-state index in [1.807, 2.05) is 12.2 Å². The Hall–Kier alpha value is -0.0500. The summed E-state index contributed by atoms with van der Waals surface area (Å²) < 4.78 is 10.2. The fraction of sp³-hybridized carbons (Fsp3) is 0.778. The molecule has 0 heterocycles. The van der Waals surface area contributed by atoms with Gasteiger partial charge in [-0.05, 0) is 5.92 Å². The molecule has 1 atom stereocenters. The van der Waals surface area contributed by atoms with E-state index in [1.165, 1.54) is 0 Å². The van der Waals surface area contributed by atoms with Crippen molar-refractivity contribution in [2.24, 2.45) is 5.92 Å². The summed E-state index contributed by atoms with van der Waals surface area (Å²) in [7, 11) is 1.61. The topological polar surface area (TPSA) is 18.5 Å². The average molecular weight is 193 g/mol. The molecule has 0 bridgehead atoms. The molecule has 12 heavy (non-hydrogen) atoms. The molecule has 72 valence electrons. The van der Waals surface area contributed by atoms with Crippen LogP contribution in [0.4, 0.5) is 0 Å². The van der Waals surface area contributed by atoms with Gasteiger partial charge in [0.05, 0.1) is 6.10 Å². The number of rotatable bonds is 6. The number of alkyl halides is 1. The second-order valence-corrected chi connectivity index (χ2v) is 3.17. The highest BCUT2D eigenvalue weighted by Gasteiger charge is 2.08. The van der Waals surface area contributed by atoms with Crippen LogP contribution >= 0.6 is 11.6 Å². The van der Waals surface area contributed by atoms with E-state index in [4.69, 9.17) is 21.1 Å². The third-order valence-electron chi connectivity index (χ3n) is 1.45. The quantitative estimate of drug-likeness (QED) is 0.366. The minimum absolute atomic E-state index is 0.101. The normalized spacial score (nSPS) is 14.4. The van der Waals surface area contributed by atoms with Crippen molar-refractivity contribution in [2.45, 2.75) is 20.0 Å². The van der Waals surface area contributed by atoms with Crippen LogP contribution in [0.3, 0.4) is 0 Å². The lowest BCUT2D eigenvalue weighted by atomic mass is 10.1. The summed E-state index contributed by atoms with van der Waals surface area (Å²) in [6.07, 6.45) is 3.96. The summed E-state index contributed by atoms with van der Waals surface area (Å²) in [5, 5.41) is 0. The predicted molar refractivity (Wildman–Crippen MR) is 51.4 cm³/mol. The standard InChI is InChI=1S/C9H17ClO2/c1-8(2)9(5-4-6-10)12-7-11-3/h4-5,8-9H,6-7H2,1-3H3/b5-4+. The van der Waals surface area contributed by atoms with Gasteiger partial charge in [-0.2, -0.15) is 0 Å². The van der Waals surface area contributed by atoms with Gasteiger partial charge in [-0.15, -0.1) is 11.6 Å². The van der Waals surface area contributed by atoms with E-state index < -0.39 is 0 Å². The van der Waals surface area contributed by atoms with Crippen LogP contribution in [-0.4, -0.2) is 25.9 Å². The maximum absolute atomic E-state index is 5.51. The molecule has 0 radical (unpaired) electrons. The Labute approximate surface area is 79.5 Å². The lowest BCUT2D eigenvalue weighted by molar-refractivity contribution is -0.0685. The summed E-state index contributed by atoms with van der Waals surface area (Å²) in [5.41, 5.74) is 0. The van der Waals surface area contributed by atoms with E-state index in [-0.39, 0.29) is 6.10 Å². The van der Waals surface area contributed by atoms with Crippen LogP contribution in [-0.2, 0) is 9.47 Å². The van der Waals surface area contributed by atoms with Crippen LogP contribution in [0.1, 0.15) is 13.8 Å². The Balaban J connectivity index is 3.78. The molecule has 0 fully saturated rings. The Morgan fingerprint density at radius 3 is 2.50 bits per heavy atom. The monoisotopic (exact) mass is 192 g/mol. The van der Waals surface area contributed by atoms with Gasteiger partial charge < -0.3 is 9.47 Å². The summed E-state index contributed by atoms with van der Waals surface area (Å²) in [4.78, 5) is 0. The van der Waals surface area contributed by atoms with E-state index in [2.05, 4.69) is 13.8 Å². The van der Waals surface area contributed by atoms with Gasteiger partial charge >= 0.3 is 0 Å². The van der Waals surface area contributed by atoms with E-state index in [0.717, 1.165) is 0 Å². The van der Waals surface area contributed by atoms with Gasteiger partial charge in [0.1, 0.15) is 6.79 Å². The molecule has 0 aromatic carbocycles. The highest BCUT2D eigenvalue weighted by atomic mass is 35.5. The first-order chi connectivity index (χ1) is 5.72. The van der Waals surface area contributed by atoms with Crippen molar-refractivity contribution in [1.82, 2.24) is 0 Å². The molecule has 0 spiro atoms. The first kappa shape index (κ1) is 11.9. The zero-order chi connectivity index (χ0) is 9.40. The fourth-order valence-electron chi connectivity index (χ4n) is 0.802. The molecule has 0 N–H and O–H groups in total. The number of hydrogen-bond donors (Lipinski definition) is 0. The number of methoxy groups -OCH3 is 1. The number of allylic oxidation sites excluding steroid dienone is 1. The van der Waals surface area contributed by atoms with E-state index >= 15 is 0 Å². The van der Waals surface area contributed by atoms with Gasteiger partial charge in [0.25, 0.3) is 0 Å². The maximum Gasteiger partial charge on any atom is 0.147 e. The van der Waals surface area contributed by atoms with Gasteiger partial charge in [0.15, 0.2) is 0 Å². The van der Waals surface area contributed by atoms with Crippen LogP contribution in [0, 0.1) is 5.92 Å². The highest BCUT2D eigenvalue weighted by molar-refractivity contribution is 6.18. The number of halogens is 1. The third kappa shape index (κ3) is 5.58. The Morgan fingerprint density at radius 1 is 1.42 bits per heavy atom. The van der Waals surface area contributed by atoms with Crippen molar-refractivity contribution in [3.63, 3.8) is 0 Å². The van der Waals surface area contributed by atoms with Gasteiger partial charge in [0.2, 0.25) is 0 Å². The molecule has 0 saturated carbocycles. The lowest BCUT2D eigenvalue weighted by Crippen LogP contribution is -2.18. The molecule has 0 saturated heterocycles. The Bertz CT molecular complexity index is 124. The number of hydrogen-bond acceptors (Lipinski definition) is 2. The van der Waals surface area contributed by atoms with Crippen molar-refractivity contribution in [1.29, 1.82) is 0 Å². The second kappa shape index (κ2) is 7.59. The minimum atomic E-state index is 0.101. The Kier molecular flexibility index (Phi) is 7.56. The van der Waals surface area contributed by atoms with E-state index in [0.29, 0.717) is 18.6 Å². The molecule has 0 amide bonds. The lowest BCUT2D eigenvalue weighted by Gasteiger charge is -2.16. The van der Waals surface area contributed by atoms with Gasteiger partial charge in [-0.25, -0.2) is 0 Å². The van der Waals surface area contributed by atoms with Crippen molar-refractivity contribution >= 4 is 11.6 Å². The largest absolute Gasteiger partial charge is 0.359 e. The molecule has 0 aliphatic rings. The first-order valence-electron chi connectivity index (χ1n) is 4.05. The average Bonchev–Trinajstić information content (AvgIpc) is 2.04. The van der Waals surface area contributed by atoms with Gasteiger partial charge in [0, 0.05) is 13.0 Å². The minimum Gasteiger partial charge on any atom is -0.359 e. The van der Waals surface area contributed by atoms with Gasteiger partial charge in [-0.1, -0.05) is 26.0 Å². The molecule has 0 aliphatic carbocycles. The molecule has 3 heteroatoms. The molecular weight excluding hydrogens is 176 g/mol. The zero-order valence-electron chi connectivity index (χ0n) is 7.92. The van der Waals surface area contributed by atoms with Gasteiger partial charge in [-0.3, -0.25) is 0 Å². The van der Waals surface area contributed by atoms with Crippen molar-refractivity contribution in [3.05, 3.63) is 12.2 Å². The van der Waals surface area contributed by atoms with Crippen LogP contribution < -0.4 is 0 Å². The Morgan fingerprint density at radius 2 is 2.08 bits per heavy atom. The zero-order valence-corrected chi connectivity index (χ0v) is 8.67. The van der Waals surface area contributed by atoms with E-state index in [1.54, 1.807) is 7.11 Å². The smallest absolute Gasteiger partial charge is 0.147 e. The maximum atomic E-state index is 5.51. The fourth-order valence-corrected chi connectivity index (χ4v) is 0.905. The first-order valence-corrected chi connectivity index (χ1v) is 4.59. The van der Waals surface area contributed by atoms with Crippen LogP contribution in [0.2, 0.25) is 0 Å². The molecule has 2 nitrogen and oxygen atoms in total. The summed E-state index contributed by atoms with van der Waals surface area (Å²) in [5.74, 6) is 0.971. The summed E-state index contributed by atoms with van der Waals surface area (Å²) in [6, 6.07) is 0. The summed E-state index contributed by atoms with van der Waals surface area (Å²) >= 11 is 5.51. The SMILES string of the molecule is COCOC(/C=C/CCl)C(C)C. The summed E-state index contributed by atoms with van der Waals surface area (Å²) in [6.45, 7) is 4.52. The molecular formula is C9H17ClO2. The second-order valence-electron chi connectivity index (χ2n) is 2.86. The molecule has 0 rings (SSSR count). The molecule has 1 unspecified atom stereocenters. The molecule has 0 aromatic rings.